The Morgan fingerprint density at radius 2 is 1.66 bits per heavy atom. The van der Waals surface area contributed by atoms with Crippen LogP contribution in [-0.2, 0) is 45.4 Å². The number of carbonyl (C=O) groups excluding carboxylic acids is 3. The van der Waals surface area contributed by atoms with Crippen molar-refractivity contribution in [1.29, 1.82) is 0 Å². The van der Waals surface area contributed by atoms with Crippen LogP contribution in [0.2, 0.25) is 6.04 Å². The van der Waals surface area contributed by atoms with Crippen molar-refractivity contribution < 1.29 is 37.1 Å². The van der Waals surface area contributed by atoms with Gasteiger partial charge in [-0.2, -0.15) is 0 Å². The Morgan fingerprint density at radius 1 is 1.07 bits per heavy atom. The van der Waals surface area contributed by atoms with Crippen molar-refractivity contribution in [2.75, 3.05) is 0 Å². The number of rotatable bonds is 8. The van der Waals surface area contributed by atoms with E-state index in [1.807, 2.05) is 32.0 Å². The highest BCUT2D eigenvalue weighted by atomic mass is 28.4. The summed E-state index contributed by atoms with van der Waals surface area (Å²) in [4.78, 5) is 34.5. The highest BCUT2D eigenvalue weighted by molar-refractivity contribution is 6.65. The van der Waals surface area contributed by atoms with Crippen molar-refractivity contribution >= 4 is 26.7 Å². The van der Waals surface area contributed by atoms with Gasteiger partial charge in [0.15, 0.2) is 0 Å². The summed E-state index contributed by atoms with van der Waals surface area (Å²) in [5.41, 5.74) is 1.98. The quantitative estimate of drug-likeness (QED) is 0.587. The minimum Gasteiger partial charge on any atom is -0.462 e. The van der Waals surface area contributed by atoms with Crippen molar-refractivity contribution in [3.05, 3.63) is 29.3 Å². The molecule has 8 nitrogen and oxygen atoms in total. The molecule has 1 aliphatic heterocycles. The second-order valence-corrected chi connectivity index (χ2v) is 9.62. The standard InChI is InChI=1S/C20H28O8Si/c1-6-20(5)24-13-18-12-17(9-10-19(18)25-20)8-7-11-29(26-14(2)21,27-15(3)22)28-16(4)23/h9-10,12H,6-8,11,13H2,1-5H3. The van der Waals surface area contributed by atoms with E-state index < -0.39 is 32.5 Å². The largest absolute Gasteiger partial charge is 0.705 e. The zero-order chi connectivity index (χ0) is 21.7. The molecule has 1 aromatic carbocycles. The van der Waals surface area contributed by atoms with E-state index in [0.717, 1.165) is 23.3 Å². The van der Waals surface area contributed by atoms with Gasteiger partial charge in [0, 0.05) is 39.7 Å². The van der Waals surface area contributed by atoms with Gasteiger partial charge in [0.2, 0.25) is 5.79 Å². The van der Waals surface area contributed by atoms with Crippen LogP contribution in [-0.4, -0.2) is 32.5 Å². The SMILES string of the molecule is CCC1(C)OCc2cc(CCC[Si](OC(C)=O)(OC(C)=O)OC(C)=O)ccc2O1. The van der Waals surface area contributed by atoms with Crippen molar-refractivity contribution in [1.82, 2.24) is 0 Å². The Hall–Kier alpha value is -2.39. The number of benzene rings is 1. The minimum absolute atomic E-state index is 0.143. The zero-order valence-electron chi connectivity index (χ0n) is 17.5. The fraction of sp³-hybridized carbons (Fsp3) is 0.550. The van der Waals surface area contributed by atoms with E-state index in [-0.39, 0.29) is 6.04 Å². The molecule has 29 heavy (non-hydrogen) atoms. The number of ether oxygens (including phenoxy) is 2. The predicted octanol–water partition coefficient (Wildman–Crippen LogP) is 3.28. The highest BCUT2D eigenvalue weighted by Gasteiger charge is 2.51. The molecule has 0 aromatic heterocycles. The number of hydrogen-bond donors (Lipinski definition) is 0. The van der Waals surface area contributed by atoms with E-state index in [9.17, 15) is 14.4 Å². The van der Waals surface area contributed by atoms with E-state index in [2.05, 4.69) is 0 Å². The van der Waals surface area contributed by atoms with Gasteiger partial charge in [-0.15, -0.1) is 0 Å². The summed E-state index contributed by atoms with van der Waals surface area (Å²) < 4.78 is 27.3. The summed E-state index contributed by atoms with van der Waals surface area (Å²) in [7, 11) is -3.79. The lowest BCUT2D eigenvalue weighted by atomic mass is 10.0. The normalized spacial score (nSPS) is 18.2. The molecule has 0 radical (unpaired) electrons. The lowest BCUT2D eigenvalue weighted by Crippen LogP contribution is -2.49. The Kier molecular flexibility index (Phi) is 7.42. The lowest BCUT2D eigenvalue weighted by Gasteiger charge is -2.35. The first kappa shape index (κ1) is 22.9. The number of hydrogen-bond acceptors (Lipinski definition) is 8. The molecule has 160 valence electrons. The predicted molar refractivity (Wildman–Crippen MR) is 105 cm³/mol. The maximum atomic E-state index is 11.5. The third-order valence-corrected chi connectivity index (χ3v) is 7.23. The van der Waals surface area contributed by atoms with Crippen LogP contribution < -0.4 is 4.74 Å². The van der Waals surface area contributed by atoms with Crippen LogP contribution in [0.1, 0.15) is 58.6 Å². The molecule has 2 rings (SSSR count). The van der Waals surface area contributed by atoms with Gasteiger partial charge < -0.3 is 22.8 Å². The fourth-order valence-corrected chi connectivity index (χ4v) is 5.40. The van der Waals surface area contributed by atoms with Gasteiger partial charge in [-0.25, -0.2) is 0 Å². The summed E-state index contributed by atoms with van der Waals surface area (Å²) in [5.74, 6) is -1.81. The summed E-state index contributed by atoms with van der Waals surface area (Å²) in [5, 5.41) is 0. The topological polar surface area (TPSA) is 97.4 Å². The summed E-state index contributed by atoms with van der Waals surface area (Å²) in [6, 6.07) is 6.00. The second kappa shape index (κ2) is 9.40. The van der Waals surface area contributed by atoms with Gasteiger partial charge in [0.05, 0.1) is 12.7 Å². The Bertz CT molecular complexity index is 737. The monoisotopic (exact) mass is 424 g/mol. The van der Waals surface area contributed by atoms with Crippen LogP contribution in [0.3, 0.4) is 0 Å². The van der Waals surface area contributed by atoms with Gasteiger partial charge in [-0.3, -0.25) is 14.4 Å². The first-order valence-corrected chi connectivity index (χ1v) is 11.5. The van der Waals surface area contributed by atoms with Crippen LogP contribution in [0.25, 0.3) is 0 Å². The molecule has 0 bridgehead atoms. The summed E-state index contributed by atoms with van der Waals surface area (Å²) in [6.45, 7) is 7.92. The molecule has 1 heterocycles. The molecule has 1 aromatic rings. The van der Waals surface area contributed by atoms with Crippen molar-refractivity contribution in [2.45, 2.75) is 72.3 Å². The van der Waals surface area contributed by atoms with E-state index in [1.165, 1.54) is 20.8 Å². The maximum Gasteiger partial charge on any atom is 0.705 e. The molecule has 1 atom stereocenters. The average Bonchev–Trinajstić information content (AvgIpc) is 2.60. The summed E-state index contributed by atoms with van der Waals surface area (Å²) in [6.07, 6.45) is 1.84. The minimum atomic E-state index is -3.79. The first-order chi connectivity index (χ1) is 13.6. The number of aryl methyl sites for hydroxylation is 1. The van der Waals surface area contributed by atoms with Crippen molar-refractivity contribution in [2.24, 2.45) is 0 Å². The Morgan fingerprint density at radius 3 is 2.17 bits per heavy atom. The van der Waals surface area contributed by atoms with Crippen molar-refractivity contribution in [3.63, 3.8) is 0 Å². The van der Waals surface area contributed by atoms with Gasteiger partial charge in [-0.05, 0) is 30.5 Å². The van der Waals surface area contributed by atoms with Gasteiger partial charge in [0.25, 0.3) is 17.9 Å². The van der Waals surface area contributed by atoms with E-state index in [1.54, 1.807) is 0 Å². The third-order valence-electron chi connectivity index (χ3n) is 4.47. The molecule has 0 fully saturated rings. The van der Waals surface area contributed by atoms with Crippen LogP contribution >= 0.6 is 0 Å². The zero-order valence-corrected chi connectivity index (χ0v) is 18.5. The molecule has 0 amide bonds. The molecule has 0 N–H and O–H groups in total. The van der Waals surface area contributed by atoms with E-state index in [4.69, 9.17) is 22.8 Å². The van der Waals surface area contributed by atoms with Gasteiger partial charge in [-0.1, -0.05) is 13.0 Å². The van der Waals surface area contributed by atoms with Gasteiger partial charge >= 0.3 is 8.80 Å². The second-order valence-electron chi connectivity index (χ2n) is 7.14. The van der Waals surface area contributed by atoms with Crippen molar-refractivity contribution in [3.8, 4) is 5.75 Å². The Balaban J connectivity index is 2.07. The van der Waals surface area contributed by atoms with Crippen LogP contribution in [0.15, 0.2) is 18.2 Å². The molecule has 0 saturated carbocycles. The van der Waals surface area contributed by atoms with Crippen LogP contribution in [0.4, 0.5) is 0 Å². The lowest BCUT2D eigenvalue weighted by molar-refractivity contribution is -0.194. The van der Waals surface area contributed by atoms with E-state index in [0.29, 0.717) is 19.4 Å². The number of carbonyl (C=O) groups is 3. The fourth-order valence-electron chi connectivity index (χ4n) is 3.05. The third kappa shape index (κ3) is 6.57. The maximum absolute atomic E-state index is 11.5. The molecule has 0 saturated heterocycles. The average molecular weight is 425 g/mol. The highest BCUT2D eigenvalue weighted by Crippen LogP contribution is 2.34. The number of fused-ring (bicyclic) bond motifs is 1. The Labute approximate surface area is 171 Å². The smallest absolute Gasteiger partial charge is 0.462 e. The molecule has 0 aliphatic carbocycles. The van der Waals surface area contributed by atoms with Gasteiger partial charge in [0.1, 0.15) is 5.75 Å². The van der Waals surface area contributed by atoms with Crippen LogP contribution in [0, 0.1) is 0 Å². The van der Waals surface area contributed by atoms with E-state index >= 15 is 0 Å². The van der Waals surface area contributed by atoms with Crippen LogP contribution in [0.5, 0.6) is 5.75 Å². The molecule has 1 aliphatic rings. The summed E-state index contributed by atoms with van der Waals surface area (Å²) >= 11 is 0. The molecular formula is C20H28O8Si. The molecular weight excluding hydrogens is 396 g/mol. The first-order valence-electron chi connectivity index (χ1n) is 9.60. The molecule has 9 heteroatoms. The molecule has 0 spiro atoms. The molecule has 1 unspecified atom stereocenters.